The van der Waals surface area contributed by atoms with Crippen molar-refractivity contribution in [2.45, 2.75) is 32.5 Å². The van der Waals surface area contributed by atoms with Gasteiger partial charge in [-0.25, -0.2) is 0 Å². The van der Waals surface area contributed by atoms with E-state index >= 15 is 0 Å². The van der Waals surface area contributed by atoms with Gasteiger partial charge >= 0.3 is 0 Å². The number of aryl methyl sites for hydroxylation is 1. The van der Waals surface area contributed by atoms with E-state index < -0.39 is 0 Å². The summed E-state index contributed by atoms with van der Waals surface area (Å²) in [5, 5.41) is 0. The van der Waals surface area contributed by atoms with Crippen LogP contribution in [0.5, 0.6) is 0 Å². The normalized spacial score (nSPS) is 20.8. The van der Waals surface area contributed by atoms with Crippen LogP contribution in [-0.2, 0) is 16.1 Å². The van der Waals surface area contributed by atoms with Gasteiger partial charge in [0.15, 0.2) is 0 Å². The lowest BCUT2D eigenvalue weighted by Gasteiger charge is -2.39. The minimum atomic E-state index is -0.152. The van der Waals surface area contributed by atoms with Gasteiger partial charge in [-0.05, 0) is 31.0 Å². The second-order valence-corrected chi connectivity index (χ2v) is 6.29. The summed E-state index contributed by atoms with van der Waals surface area (Å²) < 4.78 is 7.21. The van der Waals surface area contributed by atoms with Gasteiger partial charge in [0, 0.05) is 18.8 Å². The van der Waals surface area contributed by atoms with Crippen molar-refractivity contribution < 1.29 is 9.53 Å². The molecule has 0 radical (unpaired) electrons. The van der Waals surface area contributed by atoms with Crippen molar-refractivity contribution >= 4 is 5.91 Å². The largest absolute Gasteiger partial charge is 0.374 e. The summed E-state index contributed by atoms with van der Waals surface area (Å²) in [4.78, 5) is 26.7. The molecule has 3 rings (SSSR count). The van der Waals surface area contributed by atoms with Crippen LogP contribution in [0.1, 0.15) is 24.1 Å². The number of carbonyl (C=O) groups excluding carboxylic acids is 1. The molecule has 0 unspecified atom stereocenters. The average molecular weight is 326 g/mol. The SMILES string of the molecule is Cc1ccn(CC(=O)N2C[C@@H](C)OC[C@@H]2c2ccccc2)c(=O)c1. The Hall–Kier alpha value is -2.40. The molecule has 0 bridgehead atoms. The summed E-state index contributed by atoms with van der Waals surface area (Å²) in [7, 11) is 0. The van der Waals surface area contributed by atoms with Gasteiger partial charge in [-0.1, -0.05) is 30.3 Å². The van der Waals surface area contributed by atoms with E-state index in [-0.39, 0.29) is 30.2 Å². The molecular weight excluding hydrogens is 304 g/mol. The van der Waals surface area contributed by atoms with Crippen LogP contribution in [0.4, 0.5) is 0 Å². The fourth-order valence-electron chi connectivity index (χ4n) is 3.00. The summed E-state index contributed by atoms with van der Waals surface area (Å²) >= 11 is 0. The van der Waals surface area contributed by atoms with Crippen molar-refractivity contribution in [2.75, 3.05) is 13.2 Å². The fraction of sp³-hybridized carbons (Fsp3) is 0.368. The number of hydrogen-bond acceptors (Lipinski definition) is 3. The summed E-state index contributed by atoms with van der Waals surface area (Å²) in [6.07, 6.45) is 1.67. The molecule has 126 valence electrons. The van der Waals surface area contributed by atoms with E-state index in [1.54, 1.807) is 12.3 Å². The standard InChI is InChI=1S/C19H22N2O3/c1-14-8-9-20(18(22)10-14)12-19(23)21-11-15(2)24-13-17(21)16-6-4-3-5-7-16/h3-10,15,17H,11-13H2,1-2H3/t15-,17-/m1/s1. The number of hydrogen-bond donors (Lipinski definition) is 0. The van der Waals surface area contributed by atoms with Gasteiger partial charge in [0.25, 0.3) is 5.56 Å². The molecule has 1 fully saturated rings. The van der Waals surface area contributed by atoms with E-state index in [0.717, 1.165) is 11.1 Å². The lowest BCUT2D eigenvalue weighted by molar-refractivity contribution is -0.145. The maximum Gasteiger partial charge on any atom is 0.251 e. The van der Waals surface area contributed by atoms with Gasteiger partial charge in [-0.3, -0.25) is 9.59 Å². The Morgan fingerprint density at radius 3 is 2.71 bits per heavy atom. The summed E-state index contributed by atoms with van der Waals surface area (Å²) in [5.41, 5.74) is 1.79. The topological polar surface area (TPSA) is 51.5 Å². The van der Waals surface area contributed by atoms with Crippen molar-refractivity contribution in [1.29, 1.82) is 0 Å². The molecule has 5 heteroatoms. The first-order chi connectivity index (χ1) is 11.5. The van der Waals surface area contributed by atoms with Crippen molar-refractivity contribution in [1.82, 2.24) is 9.47 Å². The maximum atomic E-state index is 12.8. The molecule has 0 N–H and O–H groups in total. The lowest BCUT2D eigenvalue weighted by atomic mass is 10.0. The molecule has 1 aromatic heterocycles. The van der Waals surface area contributed by atoms with E-state index in [2.05, 4.69) is 0 Å². The van der Waals surface area contributed by atoms with Crippen LogP contribution in [-0.4, -0.2) is 34.6 Å². The molecule has 0 saturated carbocycles. The van der Waals surface area contributed by atoms with Crippen molar-refractivity contribution in [3.05, 3.63) is 70.1 Å². The van der Waals surface area contributed by atoms with Crippen LogP contribution in [0.15, 0.2) is 53.5 Å². The van der Waals surface area contributed by atoms with Crippen LogP contribution >= 0.6 is 0 Å². The minimum absolute atomic E-state index is 0.0105. The van der Waals surface area contributed by atoms with Crippen LogP contribution in [0.3, 0.4) is 0 Å². The first-order valence-electron chi connectivity index (χ1n) is 8.17. The van der Waals surface area contributed by atoms with Gasteiger partial charge < -0.3 is 14.2 Å². The monoisotopic (exact) mass is 326 g/mol. The quantitative estimate of drug-likeness (QED) is 0.868. The Bertz CT molecular complexity index is 770. The molecule has 2 atom stereocenters. The van der Waals surface area contributed by atoms with E-state index in [0.29, 0.717) is 13.2 Å². The summed E-state index contributed by atoms with van der Waals surface area (Å²) in [6, 6.07) is 13.1. The van der Waals surface area contributed by atoms with Gasteiger partial charge in [-0.2, -0.15) is 0 Å². The Kier molecular flexibility index (Phi) is 4.81. The van der Waals surface area contributed by atoms with Crippen molar-refractivity contribution in [3.8, 4) is 0 Å². The second kappa shape index (κ2) is 7.01. The third-order valence-corrected chi connectivity index (χ3v) is 4.33. The number of pyridine rings is 1. The molecule has 0 aliphatic carbocycles. The average Bonchev–Trinajstić information content (AvgIpc) is 2.58. The molecule has 1 amide bonds. The maximum absolute atomic E-state index is 12.8. The Morgan fingerprint density at radius 2 is 2.00 bits per heavy atom. The zero-order valence-electron chi connectivity index (χ0n) is 14.0. The highest BCUT2D eigenvalue weighted by molar-refractivity contribution is 5.76. The third kappa shape index (κ3) is 3.57. The highest BCUT2D eigenvalue weighted by Crippen LogP contribution is 2.26. The van der Waals surface area contributed by atoms with Crippen molar-refractivity contribution in [3.63, 3.8) is 0 Å². The Morgan fingerprint density at radius 1 is 1.25 bits per heavy atom. The van der Waals surface area contributed by atoms with E-state index in [1.165, 1.54) is 4.57 Å². The second-order valence-electron chi connectivity index (χ2n) is 6.29. The van der Waals surface area contributed by atoms with Crippen LogP contribution in [0.2, 0.25) is 0 Å². The smallest absolute Gasteiger partial charge is 0.251 e. The number of benzene rings is 1. The van der Waals surface area contributed by atoms with Crippen LogP contribution < -0.4 is 5.56 Å². The third-order valence-electron chi connectivity index (χ3n) is 4.33. The summed E-state index contributed by atoms with van der Waals surface area (Å²) in [5.74, 6) is -0.0649. The molecule has 1 saturated heterocycles. The number of ether oxygens (including phenoxy) is 1. The molecular formula is C19H22N2O3. The van der Waals surface area contributed by atoms with Gasteiger partial charge in [-0.15, -0.1) is 0 Å². The van der Waals surface area contributed by atoms with Gasteiger partial charge in [0.05, 0.1) is 18.8 Å². The van der Waals surface area contributed by atoms with Gasteiger partial charge in [0.1, 0.15) is 6.54 Å². The van der Waals surface area contributed by atoms with E-state index in [9.17, 15) is 9.59 Å². The molecule has 24 heavy (non-hydrogen) atoms. The van der Waals surface area contributed by atoms with Gasteiger partial charge in [0.2, 0.25) is 5.91 Å². The number of morpholine rings is 1. The van der Waals surface area contributed by atoms with E-state index in [4.69, 9.17) is 4.74 Å². The number of aromatic nitrogens is 1. The fourth-order valence-corrected chi connectivity index (χ4v) is 3.00. The number of carbonyl (C=O) groups is 1. The van der Waals surface area contributed by atoms with E-state index in [1.807, 2.05) is 55.1 Å². The Labute approximate surface area is 141 Å². The summed E-state index contributed by atoms with van der Waals surface area (Å²) in [6.45, 7) is 4.87. The molecule has 1 aromatic carbocycles. The number of nitrogens with zero attached hydrogens (tertiary/aromatic N) is 2. The minimum Gasteiger partial charge on any atom is -0.374 e. The first-order valence-corrected chi connectivity index (χ1v) is 8.17. The molecule has 2 aromatic rings. The molecule has 2 heterocycles. The predicted molar refractivity (Wildman–Crippen MR) is 91.7 cm³/mol. The Balaban J connectivity index is 1.83. The molecule has 0 spiro atoms. The van der Waals surface area contributed by atoms with Crippen LogP contribution in [0, 0.1) is 6.92 Å². The molecule has 1 aliphatic rings. The van der Waals surface area contributed by atoms with Crippen LogP contribution in [0.25, 0.3) is 0 Å². The zero-order chi connectivity index (χ0) is 17.1. The first kappa shape index (κ1) is 16.5. The molecule has 5 nitrogen and oxygen atoms in total. The zero-order valence-corrected chi connectivity index (χ0v) is 14.0. The number of amides is 1. The number of rotatable bonds is 3. The predicted octanol–water partition coefficient (Wildman–Crippen LogP) is 2.15. The van der Waals surface area contributed by atoms with Crippen molar-refractivity contribution in [2.24, 2.45) is 0 Å². The highest BCUT2D eigenvalue weighted by Gasteiger charge is 2.31. The highest BCUT2D eigenvalue weighted by atomic mass is 16.5. The molecule has 1 aliphatic heterocycles. The lowest BCUT2D eigenvalue weighted by Crippen LogP contribution is -2.48.